The van der Waals surface area contributed by atoms with Crippen LogP contribution in [0.15, 0.2) is 48.8 Å². The smallest absolute Gasteiger partial charge is 0.387 e. The first-order valence-electron chi connectivity index (χ1n) is 16.9. The number of alkyl halides is 2. The Labute approximate surface area is 267 Å². The van der Waals surface area contributed by atoms with E-state index in [0.717, 1.165) is 28.9 Å². The average Bonchev–Trinajstić information content (AvgIpc) is 3.47. The van der Waals surface area contributed by atoms with Gasteiger partial charge in [0.1, 0.15) is 17.2 Å². The Bertz CT molecular complexity index is 1920. The van der Waals surface area contributed by atoms with Crippen LogP contribution in [0.4, 0.5) is 8.78 Å². The van der Waals surface area contributed by atoms with Gasteiger partial charge in [0.15, 0.2) is 14.1 Å². The highest BCUT2D eigenvalue weighted by Gasteiger charge is 2.53. The zero-order chi connectivity index (χ0) is 34.6. The van der Waals surface area contributed by atoms with E-state index < -0.39 is 45.5 Å². The molecular formula is C34H39F2N5O3Si. The van der Waals surface area contributed by atoms with E-state index in [4.69, 9.17) is 28.2 Å². The van der Waals surface area contributed by atoms with Crippen LogP contribution in [0.1, 0.15) is 90.7 Å². The van der Waals surface area contributed by atoms with Crippen LogP contribution >= 0.6 is 0 Å². The molecule has 0 spiro atoms. The van der Waals surface area contributed by atoms with Crippen LogP contribution in [0.25, 0.3) is 22.2 Å². The number of amides is 1. The third-order valence-corrected chi connectivity index (χ3v) is 14.7. The Morgan fingerprint density at radius 1 is 1.09 bits per heavy atom. The molecule has 45 heavy (non-hydrogen) atoms. The van der Waals surface area contributed by atoms with Crippen LogP contribution in [0, 0.1) is 5.92 Å². The fourth-order valence-corrected chi connectivity index (χ4v) is 8.56. The summed E-state index contributed by atoms with van der Waals surface area (Å²) in [5.41, 5.74) is 2.55. The number of hydrogen-bond donors (Lipinski definition) is 0. The molecule has 2 aromatic heterocycles. The van der Waals surface area contributed by atoms with Gasteiger partial charge in [0, 0.05) is 46.6 Å². The van der Waals surface area contributed by atoms with E-state index in [0.29, 0.717) is 28.6 Å². The van der Waals surface area contributed by atoms with Crippen molar-refractivity contribution in [3.63, 3.8) is 0 Å². The fourth-order valence-electron chi connectivity index (χ4n) is 7.02. The highest BCUT2D eigenvalue weighted by atomic mass is 28.4. The van der Waals surface area contributed by atoms with Crippen LogP contribution < -0.4 is 4.74 Å². The van der Waals surface area contributed by atoms with Gasteiger partial charge in [-0.3, -0.25) is 4.79 Å². The molecule has 0 unspecified atom stereocenters. The molecule has 2 aromatic carbocycles. The van der Waals surface area contributed by atoms with Gasteiger partial charge < -0.3 is 18.6 Å². The van der Waals surface area contributed by atoms with E-state index in [1.54, 1.807) is 12.4 Å². The molecule has 1 aliphatic carbocycles. The van der Waals surface area contributed by atoms with Crippen LogP contribution in [-0.2, 0) is 10.0 Å². The Balaban J connectivity index is 1.31. The second-order valence-electron chi connectivity index (χ2n) is 14.2. The molecule has 1 saturated carbocycles. The summed E-state index contributed by atoms with van der Waals surface area (Å²) in [7, 11) is -2.11. The quantitative estimate of drug-likeness (QED) is 0.201. The number of rotatable bonds is 6. The average molecular weight is 635 g/mol. The van der Waals surface area contributed by atoms with Gasteiger partial charge in [-0.15, -0.1) is 0 Å². The maximum Gasteiger partial charge on any atom is 0.387 e. The lowest BCUT2D eigenvalue weighted by Crippen LogP contribution is -2.54. The lowest BCUT2D eigenvalue weighted by Gasteiger charge is -2.51. The van der Waals surface area contributed by atoms with Crippen LogP contribution in [0.3, 0.4) is 0 Å². The molecule has 7 rings (SSSR count). The molecule has 236 valence electrons. The van der Waals surface area contributed by atoms with Gasteiger partial charge in [-0.1, -0.05) is 39.8 Å². The first-order chi connectivity index (χ1) is 22.4. The van der Waals surface area contributed by atoms with Gasteiger partial charge in [-0.2, -0.15) is 8.78 Å². The van der Waals surface area contributed by atoms with Gasteiger partial charge in [-0.05, 0) is 66.7 Å². The fraction of sp³-hybridized carbons (Fsp3) is 0.471. The summed E-state index contributed by atoms with van der Waals surface area (Å²) in [6.45, 7) is 7.45. The number of carbonyl (C=O) groups is 1. The standard InChI is InChI=1S/C34H39F2N5O3Si/c1-19-15-34(16-19,44-45(6,7)33(2,3)4)31-37-17-21(18-38-31)20-11-12-23-24(13-20)41-25-14-26(29(41)39-23)40(5)30(42)22-9-8-10-27(28(22)25)43-32(35)36/h8-13,17-19,25-26,32H,14-16H2,1-7H3/t19?,25-,26-,34?/m1/s1/i5D3. The Morgan fingerprint density at radius 2 is 1.82 bits per heavy atom. The van der Waals surface area contributed by atoms with E-state index in [1.807, 2.05) is 22.8 Å². The molecule has 2 bridgehead atoms. The number of imidazole rings is 1. The summed E-state index contributed by atoms with van der Waals surface area (Å²) in [6, 6.07) is 8.34. The molecule has 8 nitrogen and oxygen atoms in total. The predicted octanol–water partition coefficient (Wildman–Crippen LogP) is 7.86. The second kappa shape index (κ2) is 10.2. The van der Waals surface area contributed by atoms with Crippen molar-refractivity contribution in [3.8, 4) is 16.9 Å². The Morgan fingerprint density at radius 3 is 2.47 bits per heavy atom. The summed E-state index contributed by atoms with van der Waals surface area (Å²) >= 11 is 0. The van der Waals surface area contributed by atoms with Crippen LogP contribution in [0.2, 0.25) is 18.1 Å². The topological polar surface area (TPSA) is 82.4 Å². The summed E-state index contributed by atoms with van der Waals surface area (Å²) in [6.07, 6.45) is 5.48. The van der Waals surface area contributed by atoms with Crippen molar-refractivity contribution in [3.05, 3.63) is 71.6 Å². The SMILES string of the molecule is [2H]C([2H])([2H])N1C(=O)c2cccc(OC(F)F)c2[C@H]2C[C@@H]1c1nc3ccc(-c4cnc(C5(O[Si](C)(C)C(C)(C)C)CC(C)C5)nc4)cc3n12. The summed E-state index contributed by atoms with van der Waals surface area (Å²) in [5, 5.41) is 0.0394. The van der Waals surface area contributed by atoms with Crippen molar-refractivity contribution in [1.29, 1.82) is 0 Å². The largest absolute Gasteiger partial charge is 0.434 e. The van der Waals surface area contributed by atoms with E-state index >= 15 is 0 Å². The van der Waals surface area contributed by atoms with Crippen LogP contribution in [0.5, 0.6) is 5.75 Å². The molecule has 11 heteroatoms. The molecule has 3 aliphatic rings. The monoisotopic (exact) mass is 634 g/mol. The van der Waals surface area contributed by atoms with Crippen molar-refractivity contribution in [1.82, 2.24) is 24.4 Å². The van der Waals surface area contributed by atoms with Gasteiger partial charge in [-0.25, -0.2) is 15.0 Å². The molecule has 2 atom stereocenters. The van der Waals surface area contributed by atoms with Gasteiger partial charge in [0.05, 0.1) is 23.1 Å². The first-order valence-corrected chi connectivity index (χ1v) is 18.3. The number of aromatic nitrogens is 4. The Hall–Kier alpha value is -3.70. The molecular weight excluding hydrogens is 592 g/mol. The third-order valence-electron chi connectivity index (χ3n) is 10.2. The zero-order valence-electron chi connectivity index (χ0n) is 29.3. The van der Waals surface area contributed by atoms with Crippen molar-refractivity contribution < 1.29 is 26.9 Å². The normalized spacial score (nSPS) is 25.7. The zero-order valence-corrected chi connectivity index (χ0v) is 27.3. The molecule has 0 radical (unpaired) electrons. The lowest BCUT2D eigenvalue weighted by atomic mass is 9.71. The number of ether oxygens (including phenoxy) is 1. The van der Waals surface area contributed by atoms with Crippen molar-refractivity contribution in [2.45, 2.75) is 89.4 Å². The predicted molar refractivity (Wildman–Crippen MR) is 170 cm³/mol. The van der Waals surface area contributed by atoms with E-state index in [-0.39, 0.29) is 28.3 Å². The van der Waals surface area contributed by atoms with E-state index in [9.17, 15) is 13.6 Å². The summed E-state index contributed by atoms with van der Waals surface area (Å²) in [5.74, 6) is 0.639. The lowest BCUT2D eigenvalue weighted by molar-refractivity contribution is -0.0680. The van der Waals surface area contributed by atoms with Crippen molar-refractivity contribution in [2.75, 3.05) is 6.98 Å². The second-order valence-corrected chi connectivity index (χ2v) is 19.0. The maximum absolute atomic E-state index is 13.7. The van der Waals surface area contributed by atoms with E-state index in [1.165, 1.54) is 18.2 Å². The molecule has 4 heterocycles. The number of fused-ring (bicyclic) bond motifs is 9. The highest BCUT2D eigenvalue weighted by Crippen LogP contribution is 2.53. The van der Waals surface area contributed by atoms with Gasteiger partial charge in [0.2, 0.25) is 0 Å². The number of halogens is 2. The molecule has 4 aromatic rings. The minimum absolute atomic E-state index is 0.0172. The van der Waals surface area contributed by atoms with Crippen molar-refractivity contribution in [2.24, 2.45) is 5.92 Å². The number of carbonyl (C=O) groups excluding carboxylic acids is 1. The summed E-state index contributed by atoms with van der Waals surface area (Å²) in [4.78, 5) is 29.0. The molecule has 1 fully saturated rings. The number of benzene rings is 2. The molecule has 0 N–H and O–H groups in total. The van der Waals surface area contributed by atoms with E-state index in [2.05, 4.69) is 40.8 Å². The molecule has 0 saturated heterocycles. The number of hydrogen-bond acceptors (Lipinski definition) is 6. The highest BCUT2D eigenvalue weighted by molar-refractivity contribution is 6.74. The molecule has 2 aliphatic heterocycles. The minimum atomic E-state index is -3.13. The van der Waals surface area contributed by atoms with Gasteiger partial charge in [0.25, 0.3) is 5.91 Å². The minimum Gasteiger partial charge on any atom is -0.434 e. The van der Waals surface area contributed by atoms with Gasteiger partial charge >= 0.3 is 6.61 Å². The maximum atomic E-state index is 13.7. The summed E-state index contributed by atoms with van der Waals surface area (Å²) < 4.78 is 65.5. The first kappa shape index (κ1) is 26.5. The molecule has 1 amide bonds. The Kier molecular flexibility index (Phi) is 5.98. The number of nitrogens with zero attached hydrogens (tertiary/aromatic N) is 5. The van der Waals surface area contributed by atoms with Crippen LogP contribution in [-0.4, -0.2) is 52.2 Å². The third kappa shape index (κ3) is 4.69. The van der Waals surface area contributed by atoms with Crippen molar-refractivity contribution >= 4 is 25.3 Å².